The van der Waals surface area contributed by atoms with Crippen LogP contribution in [0.3, 0.4) is 0 Å². The summed E-state index contributed by atoms with van der Waals surface area (Å²) >= 11 is 0. The molecule has 1 unspecified atom stereocenters. The van der Waals surface area contributed by atoms with Crippen LogP contribution in [0.1, 0.15) is 53.4 Å². The monoisotopic (exact) mass is 564 g/mol. The van der Waals surface area contributed by atoms with Crippen LogP contribution < -0.4 is 10.1 Å². The van der Waals surface area contributed by atoms with Crippen LogP contribution in [-0.4, -0.2) is 41.1 Å². The van der Waals surface area contributed by atoms with Crippen LogP contribution in [-0.2, 0) is 29.7 Å². The molecule has 218 valence electrons. The van der Waals surface area contributed by atoms with E-state index < -0.39 is 17.9 Å². The number of carboxylic acid groups (broad SMARTS) is 1. The van der Waals surface area contributed by atoms with Gasteiger partial charge in [-0.05, 0) is 45.9 Å². The Labute approximate surface area is 249 Å². The van der Waals surface area contributed by atoms with E-state index in [0.717, 1.165) is 18.7 Å². The number of ether oxygens (including phenoxy) is 1. The minimum absolute atomic E-state index is 0.00804. The van der Waals surface area contributed by atoms with Crippen molar-refractivity contribution in [2.45, 2.75) is 51.7 Å². The standard InChI is InChI=1S/C36H40N2O4/c1-36(2,3)31-19-17-27(18-20-31)23-33(35(40)41)37-34(39)30-15-10-16-32(24-30)42-22-21-38(25-28-11-6-4-7-12-28)26-29-13-8-5-9-14-29/h4-20,24,33H,21-23,25-26H2,1-3H3,(H,37,39)(H,40,41). The molecule has 0 bridgehead atoms. The van der Waals surface area contributed by atoms with Crippen molar-refractivity contribution < 1.29 is 19.4 Å². The number of hydrogen-bond acceptors (Lipinski definition) is 4. The summed E-state index contributed by atoms with van der Waals surface area (Å²) in [5, 5.41) is 12.5. The summed E-state index contributed by atoms with van der Waals surface area (Å²) < 4.78 is 6.05. The zero-order valence-electron chi connectivity index (χ0n) is 24.6. The summed E-state index contributed by atoms with van der Waals surface area (Å²) in [4.78, 5) is 27.4. The lowest BCUT2D eigenvalue weighted by Gasteiger charge is -2.23. The number of nitrogens with one attached hydrogen (secondary N) is 1. The van der Waals surface area contributed by atoms with E-state index in [9.17, 15) is 14.7 Å². The number of carboxylic acids is 1. The van der Waals surface area contributed by atoms with Crippen LogP contribution in [0.25, 0.3) is 0 Å². The number of hydrogen-bond donors (Lipinski definition) is 2. The quantitative estimate of drug-likeness (QED) is 0.194. The van der Waals surface area contributed by atoms with Crippen LogP contribution in [0.4, 0.5) is 0 Å². The lowest BCUT2D eigenvalue weighted by Crippen LogP contribution is -2.42. The molecule has 4 aromatic carbocycles. The number of amides is 1. The van der Waals surface area contributed by atoms with Crippen molar-refractivity contribution in [2.24, 2.45) is 0 Å². The van der Waals surface area contributed by atoms with Gasteiger partial charge in [0.05, 0.1) is 0 Å². The molecule has 0 spiro atoms. The van der Waals surface area contributed by atoms with Gasteiger partial charge in [-0.25, -0.2) is 4.79 Å². The highest BCUT2D eigenvalue weighted by Gasteiger charge is 2.22. The number of rotatable bonds is 13. The van der Waals surface area contributed by atoms with Gasteiger partial charge < -0.3 is 15.2 Å². The number of carbonyl (C=O) groups excluding carboxylic acids is 1. The van der Waals surface area contributed by atoms with Gasteiger partial charge in [0.2, 0.25) is 0 Å². The Bertz CT molecular complexity index is 1390. The summed E-state index contributed by atoms with van der Waals surface area (Å²) in [5.41, 5.74) is 4.84. The van der Waals surface area contributed by atoms with Crippen LogP contribution in [0.2, 0.25) is 0 Å². The second kappa shape index (κ2) is 14.5. The molecule has 42 heavy (non-hydrogen) atoms. The number of carbonyl (C=O) groups is 2. The molecule has 6 heteroatoms. The average molecular weight is 565 g/mol. The number of nitrogens with zero attached hydrogens (tertiary/aromatic N) is 1. The van der Waals surface area contributed by atoms with Gasteiger partial charge in [0, 0.05) is 31.6 Å². The van der Waals surface area contributed by atoms with Crippen molar-refractivity contribution in [1.82, 2.24) is 10.2 Å². The normalized spacial score (nSPS) is 12.1. The van der Waals surface area contributed by atoms with Gasteiger partial charge in [-0.1, -0.05) is 112 Å². The average Bonchev–Trinajstić information content (AvgIpc) is 2.98. The molecule has 0 saturated carbocycles. The molecule has 0 saturated heterocycles. The van der Waals surface area contributed by atoms with Gasteiger partial charge in [-0.2, -0.15) is 0 Å². The van der Waals surface area contributed by atoms with Crippen molar-refractivity contribution in [3.05, 3.63) is 137 Å². The maximum absolute atomic E-state index is 13.0. The molecule has 2 N–H and O–H groups in total. The van der Waals surface area contributed by atoms with E-state index in [1.807, 2.05) is 60.7 Å². The third-order valence-corrected chi connectivity index (χ3v) is 7.13. The van der Waals surface area contributed by atoms with E-state index in [2.05, 4.69) is 55.3 Å². The van der Waals surface area contributed by atoms with Crippen molar-refractivity contribution in [2.75, 3.05) is 13.2 Å². The third-order valence-electron chi connectivity index (χ3n) is 7.13. The van der Waals surface area contributed by atoms with Gasteiger partial charge in [-0.3, -0.25) is 9.69 Å². The molecule has 0 radical (unpaired) electrons. The van der Waals surface area contributed by atoms with Crippen molar-refractivity contribution in [3.63, 3.8) is 0 Å². The Kier molecular flexibility index (Phi) is 10.5. The van der Waals surface area contributed by atoms with E-state index >= 15 is 0 Å². The lowest BCUT2D eigenvalue weighted by atomic mass is 9.86. The van der Waals surface area contributed by atoms with E-state index in [1.165, 1.54) is 16.7 Å². The molecule has 4 aromatic rings. The zero-order valence-corrected chi connectivity index (χ0v) is 24.6. The highest BCUT2D eigenvalue weighted by atomic mass is 16.5. The second-order valence-electron chi connectivity index (χ2n) is 11.6. The molecule has 0 aromatic heterocycles. The first kappa shape index (κ1) is 30.5. The molecule has 4 rings (SSSR count). The summed E-state index contributed by atoms with van der Waals surface area (Å²) in [6.07, 6.45) is 0.195. The molecule has 6 nitrogen and oxygen atoms in total. The Morgan fingerprint density at radius 1 is 0.786 bits per heavy atom. The highest BCUT2D eigenvalue weighted by Crippen LogP contribution is 2.22. The van der Waals surface area contributed by atoms with Gasteiger partial charge in [-0.15, -0.1) is 0 Å². The largest absolute Gasteiger partial charge is 0.492 e. The Morgan fingerprint density at radius 2 is 1.38 bits per heavy atom. The van der Waals surface area contributed by atoms with Crippen molar-refractivity contribution >= 4 is 11.9 Å². The second-order valence-corrected chi connectivity index (χ2v) is 11.6. The van der Waals surface area contributed by atoms with E-state index in [0.29, 0.717) is 24.5 Å². The molecule has 0 aliphatic heterocycles. The van der Waals surface area contributed by atoms with Crippen molar-refractivity contribution in [3.8, 4) is 5.75 Å². The first-order chi connectivity index (χ1) is 20.2. The smallest absolute Gasteiger partial charge is 0.326 e. The molecule has 0 aliphatic carbocycles. The SMILES string of the molecule is CC(C)(C)c1ccc(CC(NC(=O)c2cccc(OCCN(Cc3ccccc3)Cc3ccccc3)c2)C(=O)O)cc1. The maximum Gasteiger partial charge on any atom is 0.326 e. The molecule has 0 aliphatic rings. The van der Waals surface area contributed by atoms with Gasteiger partial charge >= 0.3 is 5.97 Å². The van der Waals surface area contributed by atoms with Crippen LogP contribution in [0, 0.1) is 0 Å². The summed E-state index contributed by atoms with van der Waals surface area (Å²) in [6.45, 7) is 9.10. The summed E-state index contributed by atoms with van der Waals surface area (Å²) in [7, 11) is 0. The van der Waals surface area contributed by atoms with Gasteiger partial charge in [0.15, 0.2) is 0 Å². The van der Waals surface area contributed by atoms with Crippen molar-refractivity contribution in [1.29, 1.82) is 0 Å². The molecular formula is C36H40N2O4. The predicted molar refractivity (Wildman–Crippen MR) is 167 cm³/mol. The first-order valence-electron chi connectivity index (χ1n) is 14.3. The fourth-order valence-corrected chi connectivity index (χ4v) is 4.74. The number of benzene rings is 4. The molecule has 0 heterocycles. The molecule has 1 atom stereocenters. The Balaban J connectivity index is 1.35. The van der Waals surface area contributed by atoms with Crippen LogP contribution in [0.15, 0.2) is 109 Å². The van der Waals surface area contributed by atoms with Gasteiger partial charge in [0.1, 0.15) is 18.4 Å². The fraction of sp³-hybridized carbons (Fsp3) is 0.278. The van der Waals surface area contributed by atoms with E-state index in [4.69, 9.17) is 4.74 Å². The van der Waals surface area contributed by atoms with E-state index in [1.54, 1.807) is 24.3 Å². The fourth-order valence-electron chi connectivity index (χ4n) is 4.74. The summed E-state index contributed by atoms with van der Waals surface area (Å²) in [6, 6.07) is 34.4. The number of aliphatic carboxylic acids is 1. The molecule has 1 amide bonds. The first-order valence-corrected chi connectivity index (χ1v) is 14.3. The predicted octanol–water partition coefficient (Wildman–Crippen LogP) is 6.49. The Morgan fingerprint density at radius 3 is 1.93 bits per heavy atom. The van der Waals surface area contributed by atoms with Crippen LogP contribution >= 0.6 is 0 Å². The summed E-state index contributed by atoms with van der Waals surface area (Å²) in [5.74, 6) is -0.965. The molecular weight excluding hydrogens is 524 g/mol. The minimum Gasteiger partial charge on any atom is -0.492 e. The minimum atomic E-state index is -1.08. The van der Waals surface area contributed by atoms with Crippen LogP contribution in [0.5, 0.6) is 5.75 Å². The van der Waals surface area contributed by atoms with E-state index in [-0.39, 0.29) is 11.8 Å². The topological polar surface area (TPSA) is 78.9 Å². The molecule has 0 fully saturated rings. The Hall–Kier alpha value is -4.42. The van der Waals surface area contributed by atoms with Gasteiger partial charge in [0.25, 0.3) is 5.91 Å². The third kappa shape index (κ3) is 9.32. The highest BCUT2D eigenvalue weighted by molar-refractivity contribution is 5.97. The maximum atomic E-state index is 13.0. The zero-order chi connectivity index (χ0) is 30.0. The lowest BCUT2D eigenvalue weighted by molar-refractivity contribution is -0.139.